The number of hydrogen-bond acceptors (Lipinski definition) is 4. The van der Waals surface area contributed by atoms with Gasteiger partial charge in [0.1, 0.15) is 0 Å². The Morgan fingerprint density at radius 2 is 1.62 bits per heavy atom. The number of piperazine rings is 1. The van der Waals surface area contributed by atoms with E-state index in [0.717, 1.165) is 38.3 Å². The lowest BCUT2D eigenvalue weighted by Gasteiger charge is -2.36. The largest absolute Gasteiger partial charge is 0.369 e. The molecular weight excluding hydrogens is 260 g/mol. The van der Waals surface area contributed by atoms with Crippen molar-refractivity contribution >= 4 is 5.69 Å². The molecule has 106 valence electrons. The number of rotatable bonds is 3. The highest BCUT2D eigenvalue weighted by molar-refractivity contribution is 5.50. The second-order valence-electron chi connectivity index (χ2n) is 5.28. The quantitative estimate of drug-likeness (QED) is 0.864. The molecule has 2 aromatic rings. The number of nitrogens with zero attached hydrogens (tertiary/aromatic N) is 4. The Morgan fingerprint density at radius 3 is 2.24 bits per heavy atom. The maximum absolute atomic E-state index is 8.84. The van der Waals surface area contributed by atoms with Crippen LogP contribution in [0.3, 0.4) is 0 Å². The molecule has 0 amide bonds. The van der Waals surface area contributed by atoms with Crippen molar-refractivity contribution in [3.05, 3.63) is 59.9 Å². The van der Waals surface area contributed by atoms with Gasteiger partial charge in [-0.2, -0.15) is 5.26 Å². The van der Waals surface area contributed by atoms with E-state index >= 15 is 0 Å². The van der Waals surface area contributed by atoms with Gasteiger partial charge in [0.25, 0.3) is 0 Å². The van der Waals surface area contributed by atoms with Gasteiger partial charge >= 0.3 is 0 Å². The number of hydrogen-bond donors (Lipinski definition) is 0. The van der Waals surface area contributed by atoms with Gasteiger partial charge in [-0.1, -0.05) is 0 Å². The summed E-state index contributed by atoms with van der Waals surface area (Å²) < 4.78 is 0. The number of nitriles is 1. The third-order valence-corrected chi connectivity index (χ3v) is 3.89. The number of aromatic nitrogens is 1. The van der Waals surface area contributed by atoms with Crippen molar-refractivity contribution < 1.29 is 0 Å². The highest BCUT2D eigenvalue weighted by atomic mass is 15.3. The molecule has 1 aromatic carbocycles. The molecule has 4 heteroatoms. The SMILES string of the molecule is N#Cc1ccc(N2CCN(Cc3ccncc3)CC2)cc1. The predicted octanol–water partition coefficient (Wildman–Crippen LogP) is 2.28. The van der Waals surface area contributed by atoms with E-state index in [1.807, 2.05) is 36.7 Å². The molecule has 1 saturated heterocycles. The summed E-state index contributed by atoms with van der Waals surface area (Å²) in [4.78, 5) is 8.90. The van der Waals surface area contributed by atoms with Crippen molar-refractivity contribution in [1.82, 2.24) is 9.88 Å². The smallest absolute Gasteiger partial charge is 0.0991 e. The summed E-state index contributed by atoms with van der Waals surface area (Å²) >= 11 is 0. The van der Waals surface area contributed by atoms with Crippen LogP contribution in [-0.2, 0) is 6.54 Å². The molecule has 1 aliphatic rings. The molecule has 1 aromatic heterocycles. The van der Waals surface area contributed by atoms with Crippen LogP contribution in [0.5, 0.6) is 0 Å². The van der Waals surface area contributed by atoms with Crippen LogP contribution in [0.1, 0.15) is 11.1 Å². The van der Waals surface area contributed by atoms with E-state index in [-0.39, 0.29) is 0 Å². The maximum atomic E-state index is 8.84. The standard InChI is InChI=1S/C17H18N4/c18-13-15-1-3-17(4-2-15)21-11-9-20(10-12-21)14-16-5-7-19-8-6-16/h1-8H,9-12,14H2. The first-order valence-corrected chi connectivity index (χ1v) is 7.21. The second kappa shape index (κ2) is 6.38. The van der Waals surface area contributed by atoms with E-state index in [1.54, 1.807) is 0 Å². The van der Waals surface area contributed by atoms with Crippen molar-refractivity contribution in [1.29, 1.82) is 5.26 Å². The molecule has 0 radical (unpaired) electrons. The van der Waals surface area contributed by atoms with Crippen molar-refractivity contribution in [2.75, 3.05) is 31.1 Å². The van der Waals surface area contributed by atoms with Gasteiger partial charge in [-0.3, -0.25) is 9.88 Å². The Bertz CT molecular complexity index is 607. The Balaban J connectivity index is 1.56. The number of pyridine rings is 1. The Hall–Kier alpha value is -2.38. The molecule has 1 aliphatic heterocycles. The van der Waals surface area contributed by atoms with Crippen LogP contribution in [0.15, 0.2) is 48.8 Å². The third kappa shape index (κ3) is 3.39. The fraction of sp³-hybridized carbons (Fsp3) is 0.294. The summed E-state index contributed by atoms with van der Waals surface area (Å²) in [6.07, 6.45) is 3.70. The molecule has 0 unspecified atom stereocenters. The molecule has 0 spiro atoms. The third-order valence-electron chi connectivity index (χ3n) is 3.89. The fourth-order valence-corrected chi connectivity index (χ4v) is 2.66. The molecule has 0 aliphatic carbocycles. The van der Waals surface area contributed by atoms with Gasteiger partial charge in [0, 0.05) is 50.8 Å². The van der Waals surface area contributed by atoms with Crippen molar-refractivity contribution in [2.24, 2.45) is 0 Å². The summed E-state index contributed by atoms with van der Waals surface area (Å²) in [6.45, 7) is 5.16. The van der Waals surface area contributed by atoms with Crippen LogP contribution in [0.25, 0.3) is 0 Å². The molecule has 4 nitrogen and oxygen atoms in total. The van der Waals surface area contributed by atoms with Gasteiger partial charge in [-0.25, -0.2) is 0 Å². The Morgan fingerprint density at radius 1 is 0.952 bits per heavy atom. The van der Waals surface area contributed by atoms with Crippen LogP contribution in [-0.4, -0.2) is 36.1 Å². The Labute approximate surface area is 125 Å². The van der Waals surface area contributed by atoms with Crippen molar-refractivity contribution in [3.63, 3.8) is 0 Å². The highest BCUT2D eigenvalue weighted by Crippen LogP contribution is 2.18. The fourth-order valence-electron chi connectivity index (χ4n) is 2.66. The first-order chi connectivity index (χ1) is 10.3. The first kappa shape index (κ1) is 13.6. The normalized spacial score (nSPS) is 15.7. The molecule has 1 fully saturated rings. The van der Waals surface area contributed by atoms with E-state index in [0.29, 0.717) is 0 Å². The van der Waals surface area contributed by atoms with E-state index in [1.165, 1.54) is 11.3 Å². The monoisotopic (exact) mass is 278 g/mol. The minimum atomic E-state index is 0.718. The molecule has 0 saturated carbocycles. The average Bonchev–Trinajstić information content (AvgIpc) is 2.57. The van der Waals surface area contributed by atoms with Crippen LogP contribution >= 0.6 is 0 Å². The molecule has 0 bridgehead atoms. The van der Waals surface area contributed by atoms with Crippen LogP contribution in [0, 0.1) is 11.3 Å². The molecule has 0 atom stereocenters. The number of benzene rings is 1. The average molecular weight is 278 g/mol. The summed E-state index contributed by atoms with van der Waals surface area (Å²) in [5.74, 6) is 0. The zero-order valence-corrected chi connectivity index (χ0v) is 11.9. The van der Waals surface area contributed by atoms with Crippen LogP contribution in [0.2, 0.25) is 0 Å². The first-order valence-electron chi connectivity index (χ1n) is 7.21. The van der Waals surface area contributed by atoms with E-state index in [2.05, 4.69) is 33.0 Å². The van der Waals surface area contributed by atoms with Crippen LogP contribution in [0.4, 0.5) is 5.69 Å². The molecule has 0 N–H and O–H groups in total. The minimum absolute atomic E-state index is 0.718. The summed E-state index contributed by atoms with van der Waals surface area (Å²) in [6, 6.07) is 14.2. The van der Waals surface area contributed by atoms with Gasteiger partial charge in [0.15, 0.2) is 0 Å². The summed E-state index contributed by atoms with van der Waals surface area (Å²) in [5, 5.41) is 8.84. The second-order valence-corrected chi connectivity index (χ2v) is 5.28. The summed E-state index contributed by atoms with van der Waals surface area (Å²) in [7, 11) is 0. The predicted molar refractivity (Wildman–Crippen MR) is 82.9 cm³/mol. The van der Waals surface area contributed by atoms with E-state index in [9.17, 15) is 0 Å². The van der Waals surface area contributed by atoms with Crippen molar-refractivity contribution in [3.8, 4) is 6.07 Å². The zero-order chi connectivity index (χ0) is 14.5. The molecule has 21 heavy (non-hydrogen) atoms. The van der Waals surface area contributed by atoms with Gasteiger partial charge in [-0.05, 0) is 42.0 Å². The lowest BCUT2D eigenvalue weighted by atomic mass is 10.2. The topological polar surface area (TPSA) is 43.2 Å². The maximum Gasteiger partial charge on any atom is 0.0991 e. The summed E-state index contributed by atoms with van der Waals surface area (Å²) in [5.41, 5.74) is 3.24. The lowest BCUT2D eigenvalue weighted by molar-refractivity contribution is 0.250. The van der Waals surface area contributed by atoms with Crippen molar-refractivity contribution in [2.45, 2.75) is 6.54 Å². The van der Waals surface area contributed by atoms with E-state index in [4.69, 9.17) is 5.26 Å². The van der Waals surface area contributed by atoms with Gasteiger partial charge in [0.05, 0.1) is 11.6 Å². The molecule has 3 rings (SSSR count). The Kier molecular flexibility index (Phi) is 4.13. The van der Waals surface area contributed by atoms with Gasteiger partial charge in [0.2, 0.25) is 0 Å². The zero-order valence-electron chi connectivity index (χ0n) is 11.9. The van der Waals surface area contributed by atoms with Gasteiger partial charge in [-0.15, -0.1) is 0 Å². The molecule has 2 heterocycles. The van der Waals surface area contributed by atoms with E-state index < -0.39 is 0 Å². The minimum Gasteiger partial charge on any atom is -0.369 e. The van der Waals surface area contributed by atoms with Gasteiger partial charge < -0.3 is 4.90 Å². The lowest BCUT2D eigenvalue weighted by Crippen LogP contribution is -2.45. The molecular formula is C17H18N4. The number of anilines is 1. The van der Waals surface area contributed by atoms with Crippen LogP contribution < -0.4 is 4.90 Å². The highest BCUT2D eigenvalue weighted by Gasteiger charge is 2.17.